The number of benzene rings is 1. The zero-order valence-corrected chi connectivity index (χ0v) is 11.2. The van der Waals surface area contributed by atoms with Crippen molar-refractivity contribution in [3.63, 3.8) is 0 Å². The summed E-state index contributed by atoms with van der Waals surface area (Å²) in [4.78, 5) is 31.8. The topological polar surface area (TPSA) is 115 Å². The molecule has 1 aromatic rings. The number of aryl methyl sites for hydroxylation is 1. The summed E-state index contributed by atoms with van der Waals surface area (Å²) in [5.74, 6) is -0.594. The largest absolute Gasteiger partial charge is 0.315 e. The molecule has 1 rings (SSSR count). The van der Waals surface area contributed by atoms with Gasteiger partial charge in [0.2, 0.25) is 5.91 Å². The van der Waals surface area contributed by atoms with Crippen LogP contribution in [0.15, 0.2) is 12.1 Å². The van der Waals surface area contributed by atoms with Crippen molar-refractivity contribution in [3.05, 3.63) is 37.9 Å². The minimum Gasteiger partial charge on any atom is -0.315 e. The number of carbonyl (C=O) groups excluding carboxylic acids is 1. The lowest BCUT2D eigenvalue weighted by atomic mass is 10.0. The molecule has 0 radical (unpaired) electrons. The van der Waals surface area contributed by atoms with Crippen molar-refractivity contribution in [1.29, 1.82) is 0 Å². The van der Waals surface area contributed by atoms with Gasteiger partial charge in [-0.1, -0.05) is 13.3 Å². The maximum Gasteiger partial charge on any atom is 0.303 e. The normalized spacial score (nSPS) is 10.1. The molecule has 20 heavy (non-hydrogen) atoms. The van der Waals surface area contributed by atoms with Crippen LogP contribution in [0.5, 0.6) is 0 Å². The monoisotopic (exact) mass is 281 g/mol. The zero-order valence-electron chi connectivity index (χ0n) is 11.2. The number of nitro groups is 2. The van der Waals surface area contributed by atoms with Crippen LogP contribution in [0.1, 0.15) is 32.3 Å². The molecule has 108 valence electrons. The number of nitrogens with one attached hydrogen (secondary N) is 1. The number of nitro benzene ring substituents is 2. The first-order valence-corrected chi connectivity index (χ1v) is 6.10. The molecule has 1 aromatic carbocycles. The minimum absolute atomic E-state index is 0.346. The lowest BCUT2D eigenvalue weighted by Gasteiger charge is -2.08. The molecular weight excluding hydrogens is 266 g/mol. The number of hydrogen-bond acceptors (Lipinski definition) is 5. The molecule has 0 bridgehead atoms. The number of carbonyl (C=O) groups is 1. The van der Waals surface area contributed by atoms with Crippen LogP contribution in [0, 0.1) is 20.2 Å². The van der Waals surface area contributed by atoms with Gasteiger partial charge in [-0.15, -0.1) is 0 Å². The van der Waals surface area contributed by atoms with Gasteiger partial charge in [0.25, 0.3) is 5.69 Å². The fourth-order valence-electron chi connectivity index (χ4n) is 1.85. The van der Waals surface area contributed by atoms with Crippen LogP contribution < -0.4 is 5.32 Å². The number of anilines is 1. The molecule has 0 heterocycles. The molecule has 0 aliphatic heterocycles. The van der Waals surface area contributed by atoms with Gasteiger partial charge in [-0.3, -0.25) is 25.0 Å². The SMILES string of the molecule is CCCCc1ccc([N+](=O)[O-])c(NC(C)=O)c1[N+](=O)[O-]. The molecule has 0 aliphatic rings. The number of rotatable bonds is 6. The Morgan fingerprint density at radius 1 is 1.25 bits per heavy atom. The lowest BCUT2D eigenvalue weighted by Crippen LogP contribution is -2.11. The number of unbranched alkanes of at least 4 members (excludes halogenated alkanes) is 1. The summed E-state index contributed by atoms with van der Waals surface area (Å²) in [5, 5.41) is 24.3. The number of hydrogen-bond donors (Lipinski definition) is 1. The van der Waals surface area contributed by atoms with Gasteiger partial charge in [0.1, 0.15) is 0 Å². The molecule has 0 fully saturated rings. The summed E-state index contributed by atoms with van der Waals surface area (Å²) in [6, 6.07) is 2.56. The van der Waals surface area contributed by atoms with Crippen LogP contribution in [0.2, 0.25) is 0 Å². The van der Waals surface area contributed by atoms with Crippen molar-refractivity contribution in [2.24, 2.45) is 0 Å². The molecule has 1 amide bonds. The Labute approximate surface area is 115 Å². The van der Waals surface area contributed by atoms with Crippen LogP contribution in [-0.2, 0) is 11.2 Å². The third kappa shape index (κ3) is 3.50. The van der Waals surface area contributed by atoms with E-state index in [4.69, 9.17) is 0 Å². The smallest absolute Gasteiger partial charge is 0.303 e. The summed E-state index contributed by atoms with van der Waals surface area (Å²) in [6.45, 7) is 3.08. The van der Waals surface area contributed by atoms with Gasteiger partial charge in [-0.25, -0.2) is 0 Å². The maximum atomic E-state index is 11.2. The Morgan fingerprint density at radius 2 is 1.90 bits per heavy atom. The highest BCUT2D eigenvalue weighted by Crippen LogP contribution is 2.37. The molecule has 8 heteroatoms. The minimum atomic E-state index is -0.748. The van der Waals surface area contributed by atoms with Crippen molar-refractivity contribution in [3.8, 4) is 0 Å². The van der Waals surface area contributed by atoms with E-state index in [1.807, 2.05) is 6.92 Å². The van der Waals surface area contributed by atoms with Gasteiger partial charge >= 0.3 is 5.69 Å². The molecule has 1 N–H and O–H groups in total. The first-order chi connectivity index (χ1) is 9.38. The Hall–Kier alpha value is -2.51. The van der Waals surface area contributed by atoms with Crippen LogP contribution in [0.3, 0.4) is 0 Å². The van der Waals surface area contributed by atoms with Gasteiger partial charge in [-0.2, -0.15) is 0 Å². The van der Waals surface area contributed by atoms with E-state index in [0.717, 1.165) is 19.8 Å². The van der Waals surface area contributed by atoms with Crippen molar-refractivity contribution >= 4 is 23.0 Å². The second-order valence-corrected chi connectivity index (χ2v) is 4.27. The van der Waals surface area contributed by atoms with Crippen molar-refractivity contribution in [2.45, 2.75) is 33.1 Å². The number of amides is 1. The molecule has 8 nitrogen and oxygen atoms in total. The third-order valence-electron chi connectivity index (χ3n) is 2.72. The van der Waals surface area contributed by atoms with Crippen LogP contribution in [-0.4, -0.2) is 15.8 Å². The molecule has 0 unspecified atom stereocenters. The summed E-state index contributed by atoms with van der Waals surface area (Å²) in [7, 11) is 0. The number of nitrogens with zero attached hydrogens (tertiary/aromatic N) is 2. The van der Waals surface area contributed by atoms with E-state index in [-0.39, 0.29) is 5.69 Å². The molecule has 0 aliphatic carbocycles. The van der Waals surface area contributed by atoms with Crippen molar-refractivity contribution in [2.75, 3.05) is 5.32 Å². The van der Waals surface area contributed by atoms with Crippen LogP contribution in [0.4, 0.5) is 17.1 Å². The first-order valence-electron chi connectivity index (χ1n) is 6.10. The molecule has 0 saturated heterocycles. The summed E-state index contributed by atoms with van der Waals surface area (Å²) in [5.41, 5.74) is -0.845. The summed E-state index contributed by atoms with van der Waals surface area (Å²) >= 11 is 0. The summed E-state index contributed by atoms with van der Waals surface area (Å²) < 4.78 is 0. The maximum absolute atomic E-state index is 11.2. The Kier molecular flexibility index (Phi) is 5.13. The average Bonchev–Trinajstić information content (AvgIpc) is 2.34. The zero-order chi connectivity index (χ0) is 15.3. The van der Waals surface area contributed by atoms with Crippen LogP contribution in [0.25, 0.3) is 0 Å². The Balaban J connectivity index is 3.47. The third-order valence-corrected chi connectivity index (χ3v) is 2.72. The van der Waals surface area contributed by atoms with Gasteiger partial charge in [0.15, 0.2) is 5.69 Å². The molecular formula is C12H15N3O5. The van der Waals surface area contributed by atoms with E-state index in [9.17, 15) is 25.0 Å². The van der Waals surface area contributed by atoms with Gasteiger partial charge in [-0.05, 0) is 18.9 Å². The van der Waals surface area contributed by atoms with E-state index < -0.39 is 27.1 Å². The highest BCUT2D eigenvalue weighted by molar-refractivity contribution is 5.95. The second kappa shape index (κ2) is 6.60. The van der Waals surface area contributed by atoms with E-state index in [0.29, 0.717) is 12.0 Å². The average molecular weight is 281 g/mol. The van der Waals surface area contributed by atoms with Crippen molar-refractivity contribution in [1.82, 2.24) is 0 Å². The molecule has 0 saturated carbocycles. The van der Waals surface area contributed by atoms with Gasteiger partial charge < -0.3 is 5.32 Å². The van der Waals surface area contributed by atoms with E-state index >= 15 is 0 Å². The Bertz CT molecular complexity index is 556. The fraction of sp³-hybridized carbons (Fsp3) is 0.417. The van der Waals surface area contributed by atoms with E-state index in [1.165, 1.54) is 12.1 Å². The molecule has 0 spiro atoms. The van der Waals surface area contributed by atoms with Gasteiger partial charge in [0, 0.05) is 18.6 Å². The highest BCUT2D eigenvalue weighted by atomic mass is 16.6. The first kappa shape index (κ1) is 15.5. The quantitative estimate of drug-likeness (QED) is 0.635. The molecule has 0 aromatic heterocycles. The van der Waals surface area contributed by atoms with Crippen LogP contribution >= 0.6 is 0 Å². The molecule has 0 atom stereocenters. The Morgan fingerprint density at radius 3 is 2.35 bits per heavy atom. The highest BCUT2D eigenvalue weighted by Gasteiger charge is 2.29. The van der Waals surface area contributed by atoms with Crippen molar-refractivity contribution < 1.29 is 14.6 Å². The van der Waals surface area contributed by atoms with E-state index in [2.05, 4.69) is 5.32 Å². The van der Waals surface area contributed by atoms with E-state index in [1.54, 1.807) is 0 Å². The fourth-order valence-corrected chi connectivity index (χ4v) is 1.85. The second-order valence-electron chi connectivity index (χ2n) is 4.27. The van der Waals surface area contributed by atoms with Gasteiger partial charge in [0.05, 0.1) is 9.85 Å². The standard InChI is InChI=1S/C12H15N3O5/c1-3-4-5-9-6-7-10(14(17)18)11(13-8(2)16)12(9)15(19)20/h6-7H,3-5H2,1-2H3,(H,13,16). The predicted octanol–water partition coefficient (Wildman–Crippen LogP) is 2.80. The summed E-state index contributed by atoms with van der Waals surface area (Å²) in [6.07, 6.45) is 1.99. The predicted molar refractivity (Wildman–Crippen MR) is 72.7 cm³/mol. The lowest BCUT2D eigenvalue weighted by molar-refractivity contribution is -0.392.